The first-order valence-electron chi connectivity index (χ1n) is 6.68. The lowest BCUT2D eigenvalue weighted by Crippen LogP contribution is -2.22. The molecule has 0 aliphatic carbocycles. The van der Waals surface area contributed by atoms with Crippen LogP contribution >= 0.6 is 0 Å². The Bertz CT molecular complexity index is 548. The fourth-order valence-corrected chi connectivity index (χ4v) is 2.27. The van der Waals surface area contributed by atoms with Crippen LogP contribution in [0.25, 0.3) is 0 Å². The fraction of sp³-hybridized carbons (Fsp3) is 0.294. The quantitative estimate of drug-likeness (QED) is 0.842. The lowest BCUT2D eigenvalue weighted by Gasteiger charge is -2.26. The molecule has 1 unspecified atom stereocenters. The zero-order valence-electron chi connectivity index (χ0n) is 11.9. The van der Waals surface area contributed by atoms with Crippen LogP contribution in [-0.2, 0) is 6.54 Å². The highest BCUT2D eigenvalue weighted by Crippen LogP contribution is 2.23. The van der Waals surface area contributed by atoms with E-state index in [4.69, 9.17) is 5.73 Å². The lowest BCUT2D eigenvalue weighted by atomic mass is 10.0. The number of aryl methyl sites for hydroxylation is 1. The second-order valence-corrected chi connectivity index (χ2v) is 5.19. The zero-order chi connectivity index (χ0) is 13.8. The molecule has 0 saturated carbocycles. The Morgan fingerprint density at radius 1 is 1.11 bits per heavy atom. The van der Waals surface area contributed by atoms with Crippen LogP contribution in [0.2, 0.25) is 0 Å². The van der Waals surface area contributed by atoms with E-state index in [1.807, 2.05) is 12.1 Å². The monoisotopic (exact) mass is 254 g/mol. The summed E-state index contributed by atoms with van der Waals surface area (Å²) in [5.41, 5.74) is 10.7. The van der Waals surface area contributed by atoms with E-state index >= 15 is 0 Å². The SMILES string of the molecule is Cc1ccccc1CN(C)C(C)c1cccc(N)c1. The standard InChI is InChI=1S/C17H22N2/c1-13-7-4-5-8-16(13)12-19(3)14(2)15-9-6-10-17(18)11-15/h4-11,14H,12,18H2,1-3H3. The van der Waals surface area contributed by atoms with Gasteiger partial charge < -0.3 is 5.73 Å². The molecule has 0 aromatic heterocycles. The molecule has 2 nitrogen and oxygen atoms in total. The highest BCUT2D eigenvalue weighted by Gasteiger charge is 2.12. The maximum Gasteiger partial charge on any atom is 0.0321 e. The molecule has 0 bridgehead atoms. The summed E-state index contributed by atoms with van der Waals surface area (Å²) in [5.74, 6) is 0. The van der Waals surface area contributed by atoms with Crippen molar-refractivity contribution in [1.82, 2.24) is 4.90 Å². The van der Waals surface area contributed by atoms with Gasteiger partial charge >= 0.3 is 0 Å². The summed E-state index contributed by atoms with van der Waals surface area (Å²) < 4.78 is 0. The van der Waals surface area contributed by atoms with Gasteiger partial charge in [-0.3, -0.25) is 4.90 Å². The van der Waals surface area contributed by atoms with Gasteiger partial charge in [-0.15, -0.1) is 0 Å². The molecule has 0 saturated heterocycles. The molecule has 0 fully saturated rings. The van der Waals surface area contributed by atoms with Crippen molar-refractivity contribution in [3.63, 3.8) is 0 Å². The molecule has 100 valence electrons. The summed E-state index contributed by atoms with van der Waals surface area (Å²) in [7, 11) is 2.15. The second kappa shape index (κ2) is 5.89. The van der Waals surface area contributed by atoms with Gasteiger partial charge in [-0.05, 0) is 49.7 Å². The average molecular weight is 254 g/mol. The van der Waals surface area contributed by atoms with E-state index in [1.165, 1.54) is 16.7 Å². The van der Waals surface area contributed by atoms with Gasteiger partial charge in [-0.2, -0.15) is 0 Å². The van der Waals surface area contributed by atoms with Crippen molar-refractivity contribution in [1.29, 1.82) is 0 Å². The third-order valence-electron chi connectivity index (χ3n) is 3.74. The topological polar surface area (TPSA) is 29.3 Å². The van der Waals surface area contributed by atoms with E-state index in [-0.39, 0.29) is 0 Å². The van der Waals surface area contributed by atoms with Crippen LogP contribution in [0.1, 0.15) is 29.7 Å². The van der Waals surface area contributed by atoms with Crippen molar-refractivity contribution in [3.05, 3.63) is 65.2 Å². The first kappa shape index (κ1) is 13.6. The van der Waals surface area contributed by atoms with E-state index in [0.717, 1.165) is 12.2 Å². The summed E-state index contributed by atoms with van der Waals surface area (Å²) in [4.78, 5) is 2.34. The van der Waals surface area contributed by atoms with Gasteiger partial charge in [0.25, 0.3) is 0 Å². The molecule has 1 atom stereocenters. The summed E-state index contributed by atoms with van der Waals surface area (Å²) in [6, 6.07) is 17.0. The third-order valence-corrected chi connectivity index (χ3v) is 3.74. The molecule has 0 heterocycles. The second-order valence-electron chi connectivity index (χ2n) is 5.19. The van der Waals surface area contributed by atoms with Crippen LogP contribution in [0.5, 0.6) is 0 Å². The van der Waals surface area contributed by atoms with E-state index in [9.17, 15) is 0 Å². The average Bonchev–Trinajstić information content (AvgIpc) is 2.40. The summed E-state index contributed by atoms with van der Waals surface area (Å²) >= 11 is 0. The first-order chi connectivity index (χ1) is 9.08. The van der Waals surface area contributed by atoms with E-state index in [0.29, 0.717) is 6.04 Å². The summed E-state index contributed by atoms with van der Waals surface area (Å²) in [5, 5.41) is 0. The van der Waals surface area contributed by atoms with E-state index < -0.39 is 0 Å². The molecule has 19 heavy (non-hydrogen) atoms. The molecular formula is C17H22N2. The molecule has 0 aliphatic rings. The van der Waals surface area contributed by atoms with Crippen molar-refractivity contribution >= 4 is 5.69 Å². The van der Waals surface area contributed by atoms with E-state index in [1.54, 1.807) is 0 Å². The van der Waals surface area contributed by atoms with Crippen LogP contribution in [0.3, 0.4) is 0 Å². The minimum atomic E-state index is 0.350. The minimum Gasteiger partial charge on any atom is -0.399 e. The van der Waals surface area contributed by atoms with Gasteiger partial charge in [-0.1, -0.05) is 36.4 Å². The number of nitrogens with zero attached hydrogens (tertiary/aromatic N) is 1. The molecule has 2 aromatic rings. The summed E-state index contributed by atoms with van der Waals surface area (Å²) in [6.07, 6.45) is 0. The molecule has 2 N–H and O–H groups in total. The normalized spacial score (nSPS) is 12.6. The highest BCUT2D eigenvalue weighted by atomic mass is 15.1. The zero-order valence-corrected chi connectivity index (χ0v) is 11.9. The molecule has 2 rings (SSSR count). The number of hydrogen-bond acceptors (Lipinski definition) is 2. The first-order valence-corrected chi connectivity index (χ1v) is 6.68. The van der Waals surface area contributed by atoms with Crippen LogP contribution in [0, 0.1) is 6.92 Å². The van der Waals surface area contributed by atoms with Gasteiger partial charge in [0.05, 0.1) is 0 Å². The molecule has 2 heteroatoms. The predicted octanol–water partition coefficient (Wildman–Crippen LogP) is 3.77. The van der Waals surface area contributed by atoms with Crippen molar-refractivity contribution in [2.24, 2.45) is 0 Å². The van der Waals surface area contributed by atoms with Gasteiger partial charge in [0.2, 0.25) is 0 Å². The Hall–Kier alpha value is -1.80. The Balaban J connectivity index is 2.12. The Morgan fingerprint density at radius 3 is 2.53 bits per heavy atom. The number of anilines is 1. The van der Waals surface area contributed by atoms with Crippen LogP contribution < -0.4 is 5.73 Å². The summed E-state index contributed by atoms with van der Waals surface area (Å²) in [6.45, 7) is 5.32. The van der Waals surface area contributed by atoms with Gasteiger partial charge in [0.1, 0.15) is 0 Å². The van der Waals surface area contributed by atoms with Crippen LogP contribution in [0.4, 0.5) is 5.69 Å². The van der Waals surface area contributed by atoms with Gasteiger partial charge in [0.15, 0.2) is 0 Å². The lowest BCUT2D eigenvalue weighted by molar-refractivity contribution is 0.252. The van der Waals surface area contributed by atoms with Crippen molar-refractivity contribution in [3.8, 4) is 0 Å². The van der Waals surface area contributed by atoms with Crippen LogP contribution in [0.15, 0.2) is 48.5 Å². The highest BCUT2D eigenvalue weighted by molar-refractivity contribution is 5.41. The van der Waals surface area contributed by atoms with Gasteiger partial charge in [-0.25, -0.2) is 0 Å². The fourth-order valence-electron chi connectivity index (χ4n) is 2.27. The number of benzene rings is 2. The minimum absolute atomic E-state index is 0.350. The van der Waals surface area contributed by atoms with Crippen LogP contribution in [-0.4, -0.2) is 11.9 Å². The van der Waals surface area contributed by atoms with Crippen molar-refractivity contribution in [2.45, 2.75) is 26.4 Å². The Labute approximate surface area is 115 Å². The van der Waals surface area contributed by atoms with Crippen molar-refractivity contribution < 1.29 is 0 Å². The predicted molar refractivity (Wildman–Crippen MR) is 81.9 cm³/mol. The number of rotatable bonds is 4. The largest absolute Gasteiger partial charge is 0.399 e. The number of hydrogen-bond donors (Lipinski definition) is 1. The smallest absolute Gasteiger partial charge is 0.0321 e. The number of nitrogen functional groups attached to an aromatic ring is 1. The molecule has 0 radical (unpaired) electrons. The van der Waals surface area contributed by atoms with Gasteiger partial charge in [0, 0.05) is 18.3 Å². The molecule has 0 spiro atoms. The van der Waals surface area contributed by atoms with E-state index in [2.05, 4.69) is 62.2 Å². The molecular weight excluding hydrogens is 232 g/mol. The Kier molecular flexibility index (Phi) is 4.23. The van der Waals surface area contributed by atoms with Crippen molar-refractivity contribution in [2.75, 3.05) is 12.8 Å². The maximum absolute atomic E-state index is 5.85. The maximum atomic E-state index is 5.85. The third kappa shape index (κ3) is 3.36. The molecule has 2 aromatic carbocycles. The molecule has 0 amide bonds. The molecule has 0 aliphatic heterocycles. The number of nitrogens with two attached hydrogens (primary N) is 1. The Morgan fingerprint density at radius 2 is 1.84 bits per heavy atom.